The molecule has 18 heavy (non-hydrogen) atoms. The molecule has 0 saturated carbocycles. The number of carbonyl (C=O) groups is 1. The van der Waals surface area contributed by atoms with Crippen molar-refractivity contribution in [3.8, 4) is 0 Å². The second kappa shape index (κ2) is 4.47. The minimum Gasteiger partial charge on any atom is -0.463 e. The lowest BCUT2D eigenvalue weighted by Crippen LogP contribution is -2.29. The maximum atomic E-state index is 11.6. The van der Waals surface area contributed by atoms with E-state index >= 15 is 0 Å². The zero-order chi connectivity index (χ0) is 13.6. The Morgan fingerprint density at radius 1 is 1.33 bits per heavy atom. The number of rotatable bonds is 2. The van der Waals surface area contributed by atoms with Gasteiger partial charge in [0.1, 0.15) is 12.7 Å². The number of hydrogen-bond donors (Lipinski definition) is 0. The summed E-state index contributed by atoms with van der Waals surface area (Å²) in [5, 5.41) is 0. The van der Waals surface area contributed by atoms with Gasteiger partial charge in [-0.2, -0.15) is 0 Å². The van der Waals surface area contributed by atoms with Crippen LogP contribution in [0.5, 0.6) is 0 Å². The molecule has 2 rings (SSSR count). The highest BCUT2D eigenvalue weighted by Crippen LogP contribution is 2.37. The number of esters is 1. The predicted octanol–water partition coefficient (Wildman–Crippen LogP) is 1.84. The molecular formula is C13H22O5. The molecule has 0 aromatic rings. The Kier molecular flexibility index (Phi) is 3.42. The Balaban J connectivity index is 1.78. The van der Waals surface area contributed by atoms with Gasteiger partial charge in [0.25, 0.3) is 0 Å². The fourth-order valence-electron chi connectivity index (χ4n) is 2.07. The van der Waals surface area contributed by atoms with Gasteiger partial charge in [-0.3, -0.25) is 4.79 Å². The maximum Gasteiger partial charge on any atom is 0.311 e. The monoisotopic (exact) mass is 258 g/mol. The van der Waals surface area contributed by atoms with Crippen LogP contribution in [0, 0.1) is 5.41 Å². The Hall–Kier alpha value is -0.650. The van der Waals surface area contributed by atoms with E-state index in [0.717, 1.165) is 0 Å². The lowest BCUT2D eigenvalue weighted by atomic mass is 9.97. The van der Waals surface area contributed by atoms with Crippen LogP contribution < -0.4 is 0 Å². The van der Waals surface area contributed by atoms with Crippen LogP contribution >= 0.6 is 0 Å². The van der Waals surface area contributed by atoms with Gasteiger partial charge < -0.3 is 18.9 Å². The van der Waals surface area contributed by atoms with E-state index in [4.69, 9.17) is 18.9 Å². The van der Waals surface area contributed by atoms with Gasteiger partial charge in [0.15, 0.2) is 12.1 Å². The minimum absolute atomic E-state index is 0.0571. The molecule has 2 fully saturated rings. The van der Waals surface area contributed by atoms with Crippen molar-refractivity contribution in [3.05, 3.63) is 0 Å². The molecule has 0 bridgehead atoms. The summed E-state index contributed by atoms with van der Waals surface area (Å²) in [5.41, 5.74) is -0.483. The van der Waals surface area contributed by atoms with Crippen LogP contribution in [0.4, 0.5) is 0 Å². The molecule has 104 valence electrons. The first-order valence-electron chi connectivity index (χ1n) is 6.36. The molecule has 3 atom stereocenters. The molecule has 5 nitrogen and oxygen atoms in total. The van der Waals surface area contributed by atoms with Crippen LogP contribution in [0.2, 0.25) is 0 Å². The lowest BCUT2D eigenvalue weighted by Gasteiger charge is -2.21. The minimum atomic E-state index is -0.581. The van der Waals surface area contributed by atoms with E-state index in [1.54, 1.807) is 0 Å². The quantitative estimate of drug-likeness (QED) is 0.707. The largest absolute Gasteiger partial charge is 0.463 e. The highest BCUT2D eigenvalue weighted by atomic mass is 16.8. The summed E-state index contributed by atoms with van der Waals surface area (Å²) < 4.78 is 22.2. The normalized spacial score (nSPS) is 34.4. The third-order valence-corrected chi connectivity index (χ3v) is 2.97. The molecule has 0 amide bonds. The molecule has 0 aromatic heterocycles. The van der Waals surface area contributed by atoms with Gasteiger partial charge in [-0.1, -0.05) is 0 Å². The summed E-state index contributed by atoms with van der Waals surface area (Å²) in [4.78, 5) is 11.6. The molecule has 2 heterocycles. The first-order chi connectivity index (χ1) is 8.17. The zero-order valence-electron chi connectivity index (χ0n) is 11.7. The van der Waals surface area contributed by atoms with Crippen molar-refractivity contribution < 1.29 is 23.7 Å². The van der Waals surface area contributed by atoms with Gasteiger partial charge >= 0.3 is 5.97 Å². The molecule has 0 spiro atoms. The Morgan fingerprint density at radius 2 is 2.00 bits per heavy atom. The SMILES string of the molecule is CC1(C)O[C@H]2O[C@H](COC(=O)C(C)(C)C)C[C@H]2O1. The molecule has 2 aliphatic heterocycles. The molecule has 2 aliphatic rings. The zero-order valence-corrected chi connectivity index (χ0v) is 11.7. The molecule has 0 aromatic carbocycles. The molecular weight excluding hydrogens is 236 g/mol. The smallest absolute Gasteiger partial charge is 0.311 e. The summed E-state index contributed by atoms with van der Waals surface area (Å²) in [6, 6.07) is 0. The fraction of sp³-hybridized carbons (Fsp3) is 0.923. The molecule has 0 N–H and O–H groups in total. The van der Waals surface area contributed by atoms with Crippen molar-refractivity contribution in [1.82, 2.24) is 0 Å². The summed E-state index contributed by atoms with van der Waals surface area (Å²) >= 11 is 0. The Bertz CT molecular complexity index is 315. The van der Waals surface area contributed by atoms with E-state index in [-0.39, 0.29) is 31.1 Å². The lowest BCUT2D eigenvalue weighted by molar-refractivity contribution is -0.210. The van der Waals surface area contributed by atoms with Crippen LogP contribution in [-0.4, -0.2) is 36.9 Å². The summed E-state index contributed by atoms with van der Waals surface area (Å²) in [6.07, 6.45) is 0.171. The van der Waals surface area contributed by atoms with Crippen LogP contribution in [0.15, 0.2) is 0 Å². The summed E-state index contributed by atoms with van der Waals surface area (Å²) in [7, 11) is 0. The third-order valence-electron chi connectivity index (χ3n) is 2.97. The van der Waals surface area contributed by atoms with Gasteiger partial charge in [0.05, 0.1) is 11.5 Å². The van der Waals surface area contributed by atoms with Crippen LogP contribution in [-0.2, 0) is 23.7 Å². The standard InChI is InChI=1S/C13H22O5/c1-12(2,3)11(14)15-7-8-6-9-10(16-8)18-13(4,5)17-9/h8-10H,6-7H2,1-5H3/t8-,9+,10+/m0/s1. The second-order valence-electron chi connectivity index (χ2n) is 6.38. The number of fused-ring (bicyclic) bond motifs is 1. The third kappa shape index (κ3) is 3.02. The average Bonchev–Trinajstić information content (AvgIpc) is 2.65. The van der Waals surface area contributed by atoms with Gasteiger partial charge in [-0.05, 0) is 34.6 Å². The first-order valence-corrected chi connectivity index (χ1v) is 6.36. The molecule has 0 unspecified atom stereocenters. The molecule has 0 radical (unpaired) electrons. The van der Waals surface area contributed by atoms with Crippen LogP contribution in [0.25, 0.3) is 0 Å². The molecule has 0 aliphatic carbocycles. The van der Waals surface area contributed by atoms with Crippen molar-refractivity contribution in [3.63, 3.8) is 0 Å². The van der Waals surface area contributed by atoms with Crippen molar-refractivity contribution in [2.75, 3.05) is 6.61 Å². The highest BCUT2D eigenvalue weighted by molar-refractivity contribution is 5.75. The van der Waals surface area contributed by atoms with Gasteiger partial charge in [0.2, 0.25) is 0 Å². The van der Waals surface area contributed by atoms with E-state index in [1.165, 1.54) is 0 Å². The van der Waals surface area contributed by atoms with Crippen LogP contribution in [0.3, 0.4) is 0 Å². The molecule has 2 saturated heterocycles. The highest BCUT2D eigenvalue weighted by Gasteiger charge is 2.48. The Labute approximate surface area is 108 Å². The van der Waals surface area contributed by atoms with Crippen molar-refractivity contribution in [2.45, 2.75) is 65.3 Å². The first kappa shape index (κ1) is 13.8. The van der Waals surface area contributed by atoms with E-state index in [1.807, 2.05) is 34.6 Å². The average molecular weight is 258 g/mol. The van der Waals surface area contributed by atoms with E-state index in [0.29, 0.717) is 6.42 Å². The topological polar surface area (TPSA) is 54.0 Å². The second-order valence-corrected chi connectivity index (χ2v) is 6.38. The predicted molar refractivity (Wildman–Crippen MR) is 63.7 cm³/mol. The summed E-state index contributed by atoms with van der Waals surface area (Å²) in [6.45, 7) is 9.47. The van der Waals surface area contributed by atoms with E-state index in [2.05, 4.69) is 0 Å². The van der Waals surface area contributed by atoms with Gasteiger partial charge in [-0.25, -0.2) is 0 Å². The Morgan fingerprint density at radius 3 is 2.56 bits per heavy atom. The summed E-state index contributed by atoms with van der Waals surface area (Å²) in [5.74, 6) is -0.798. The molecule has 5 heteroatoms. The number of hydrogen-bond acceptors (Lipinski definition) is 5. The van der Waals surface area contributed by atoms with Crippen molar-refractivity contribution in [1.29, 1.82) is 0 Å². The van der Waals surface area contributed by atoms with Crippen LogP contribution in [0.1, 0.15) is 41.0 Å². The van der Waals surface area contributed by atoms with Crippen molar-refractivity contribution >= 4 is 5.97 Å². The number of ether oxygens (including phenoxy) is 4. The fourth-order valence-corrected chi connectivity index (χ4v) is 2.07. The van der Waals surface area contributed by atoms with Gasteiger partial charge in [0, 0.05) is 6.42 Å². The van der Waals surface area contributed by atoms with E-state index in [9.17, 15) is 4.79 Å². The van der Waals surface area contributed by atoms with Gasteiger partial charge in [-0.15, -0.1) is 0 Å². The number of carbonyl (C=O) groups excluding carboxylic acids is 1. The van der Waals surface area contributed by atoms with E-state index < -0.39 is 11.2 Å². The maximum absolute atomic E-state index is 11.6. The van der Waals surface area contributed by atoms with Crippen molar-refractivity contribution in [2.24, 2.45) is 5.41 Å².